The summed E-state index contributed by atoms with van der Waals surface area (Å²) in [7, 11) is 0. The lowest BCUT2D eigenvalue weighted by atomic mass is 10.0. The fourth-order valence-electron chi connectivity index (χ4n) is 1.87. The van der Waals surface area contributed by atoms with E-state index in [4.69, 9.17) is 11.6 Å². The molecule has 0 spiro atoms. The van der Waals surface area contributed by atoms with Crippen molar-refractivity contribution in [3.05, 3.63) is 40.9 Å². The number of nitrogens with zero attached hydrogens (tertiary/aromatic N) is 1. The number of amides is 3. The summed E-state index contributed by atoms with van der Waals surface area (Å²) in [6.45, 7) is 3.54. The lowest BCUT2D eigenvalue weighted by Crippen LogP contribution is -2.48. The van der Waals surface area contributed by atoms with Crippen LogP contribution in [0.4, 0.5) is 10.5 Å². The summed E-state index contributed by atoms with van der Waals surface area (Å²) in [5.41, 5.74) is 4.58. The third kappa shape index (κ3) is 3.61. The highest BCUT2D eigenvalue weighted by molar-refractivity contribution is 6.43. The molecule has 0 aromatic heterocycles. The van der Waals surface area contributed by atoms with Crippen LogP contribution < -0.4 is 16.1 Å². The number of allylic oxidation sites excluding steroid dienone is 1. The molecule has 0 saturated heterocycles. The number of halogens is 1. The highest BCUT2D eigenvalue weighted by Crippen LogP contribution is 2.14. The van der Waals surface area contributed by atoms with Crippen molar-refractivity contribution >= 4 is 34.9 Å². The van der Waals surface area contributed by atoms with E-state index >= 15 is 0 Å². The zero-order chi connectivity index (χ0) is 15.4. The number of rotatable bonds is 3. The fraction of sp³-hybridized carbons (Fsp3) is 0.214. The Bertz CT molecular complexity index is 622. The molecule has 3 amide bonds. The zero-order valence-electron chi connectivity index (χ0n) is 11.6. The van der Waals surface area contributed by atoms with Gasteiger partial charge >= 0.3 is 6.03 Å². The van der Waals surface area contributed by atoms with E-state index < -0.39 is 0 Å². The third-order valence-corrected chi connectivity index (χ3v) is 3.33. The first-order chi connectivity index (χ1) is 10.0. The van der Waals surface area contributed by atoms with Crippen LogP contribution in [0.1, 0.15) is 19.4 Å². The van der Waals surface area contributed by atoms with E-state index in [1.165, 1.54) is 6.08 Å². The van der Waals surface area contributed by atoms with E-state index in [1.807, 2.05) is 19.1 Å². The second kappa shape index (κ2) is 6.41. The normalized spacial score (nSPS) is 18.4. The van der Waals surface area contributed by atoms with Crippen LogP contribution >= 0.6 is 11.6 Å². The van der Waals surface area contributed by atoms with Crippen molar-refractivity contribution in [3.63, 3.8) is 0 Å². The predicted molar refractivity (Wildman–Crippen MR) is 82.3 cm³/mol. The van der Waals surface area contributed by atoms with E-state index in [1.54, 1.807) is 19.1 Å². The van der Waals surface area contributed by atoms with Crippen molar-refractivity contribution in [1.82, 2.24) is 10.7 Å². The van der Waals surface area contributed by atoms with Gasteiger partial charge in [-0.3, -0.25) is 4.79 Å². The van der Waals surface area contributed by atoms with Gasteiger partial charge < -0.3 is 10.6 Å². The van der Waals surface area contributed by atoms with E-state index in [0.717, 1.165) is 11.3 Å². The van der Waals surface area contributed by atoms with Crippen LogP contribution in [-0.2, 0) is 4.79 Å². The molecule has 0 saturated carbocycles. The molecule has 0 bridgehead atoms. The molecular weight excluding hydrogens is 292 g/mol. The Kier molecular flexibility index (Phi) is 4.59. The summed E-state index contributed by atoms with van der Waals surface area (Å²) in [5.74, 6) is -0.357. The Morgan fingerprint density at radius 3 is 2.62 bits per heavy atom. The minimum atomic E-state index is -0.357. The van der Waals surface area contributed by atoms with E-state index in [9.17, 15) is 9.59 Å². The number of urea groups is 1. The van der Waals surface area contributed by atoms with Gasteiger partial charge in [0.15, 0.2) is 0 Å². The molecule has 21 heavy (non-hydrogen) atoms. The lowest BCUT2D eigenvalue weighted by molar-refractivity contribution is -0.112. The van der Waals surface area contributed by atoms with Crippen LogP contribution in [0.15, 0.2) is 40.5 Å². The largest absolute Gasteiger partial charge is 0.335 e. The summed E-state index contributed by atoms with van der Waals surface area (Å²) in [5, 5.41) is 9.56. The van der Waals surface area contributed by atoms with Gasteiger partial charge in [0.2, 0.25) is 0 Å². The number of anilines is 1. The molecule has 1 aliphatic rings. The maximum Gasteiger partial charge on any atom is 0.335 e. The molecule has 0 fully saturated rings. The smallest absolute Gasteiger partial charge is 0.328 e. The number of hydrogen-bond acceptors (Lipinski definition) is 3. The Labute approximate surface area is 127 Å². The maximum atomic E-state index is 11.6. The van der Waals surface area contributed by atoms with Crippen molar-refractivity contribution in [2.75, 3.05) is 5.32 Å². The van der Waals surface area contributed by atoms with Gasteiger partial charge in [0.05, 0.1) is 11.8 Å². The van der Waals surface area contributed by atoms with Crippen molar-refractivity contribution in [3.8, 4) is 0 Å². The van der Waals surface area contributed by atoms with Crippen LogP contribution in [0.2, 0.25) is 0 Å². The Balaban J connectivity index is 2.12. The molecule has 1 aliphatic heterocycles. The Hall–Kier alpha value is -2.34. The molecule has 1 heterocycles. The van der Waals surface area contributed by atoms with Crippen molar-refractivity contribution < 1.29 is 9.59 Å². The van der Waals surface area contributed by atoms with Crippen molar-refractivity contribution in [2.24, 2.45) is 5.10 Å². The molecule has 3 N–H and O–H groups in total. The number of hydrazone groups is 1. The van der Waals surface area contributed by atoms with Crippen molar-refractivity contribution in [2.45, 2.75) is 19.9 Å². The average molecular weight is 307 g/mol. The molecule has 0 aliphatic carbocycles. The fourth-order valence-corrected chi connectivity index (χ4v) is 1.91. The third-order valence-electron chi connectivity index (χ3n) is 2.94. The molecule has 7 heteroatoms. The first-order valence-electron chi connectivity index (χ1n) is 6.39. The number of carbonyl (C=O) groups is 2. The Morgan fingerprint density at radius 1 is 1.38 bits per heavy atom. The van der Waals surface area contributed by atoms with Crippen LogP contribution in [0.25, 0.3) is 0 Å². The summed E-state index contributed by atoms with van der Waals surface area (Å²) in [6, 6.07) is 6.62. The van der Waals surface area contributed by atoms with Gasteiger partial charge in [-0.15, -0.1) is 0 Å². The molecule has 1 aromatic rings. The molecule has 6 nitrogen and oxygen atoms in total. The van der Waals surface area contributed by atoms with Crippen LogP contribution in [0, 0.1) is 0 Å². The van der Waals surface area contributed by atoms with Gasteiger partial charge in [0.1, 0.15) is 5.03 Å². The number of benzene rings is 1. The van der Waals surface area contributed by atoms with Gasteiger partial charge in [-0.2, -0.15) is 5.10 Å². The lowest BCUT2D eigenvalue weighted by Gasteiger charge is -2.21. The first-order valence-corrected chi connectivity index (χ1v) is 6.76. The predicted octanol–water partition coefficient (Wildman–Crippen LogP) is 2.17. The quantitative estimate of drug-likeness (QED) is 0.748. The van der Waals surface area contributed by atoms with Crippen LogP contribution in [0.3, 0.4) is 0 Å². The SMILES string of the molecule is C/C=C(\Cl)C(=O)Nc1ccc(C2=NNC(=O)NC2C)cc1. The first kappa shape index (κ1) is 15.1. The Morgan fingerprint density at radius 2 is 2.05 bits per heavy atom. The molecule has 1 aromatic carbocycles. The summed E-state index contributed by atoms with van der Waals surface area (Å²) < 4.78 is 0. The van der Waals surface area contributed by atoms with Crippen molar-refractivity contribution in [1.29, 1.82) is 0 Å². The molecular formula is C14H15ClN4O2. The topological polar surface area (TPSA) is 82.6 Å². The summed E-state index contributed by atoms with van der Waals surface area (Å²) in [4.78, 5) is 22.7. The number of carbonyl (C=O) groups excluding carboxylic acids is 2. The van der Waals surface area contributed by atoms with Gasteiger partial charge in [-0.05, 0) is 26.0 Å². The molecule has 1 unspecified atom stereocenters. The molecule has 2 rings (SSSR count). The zero-order valence-corrected chi connectivity index (χ0v) is 12.4. The van der Waals surface area contributed by atoms with Crippen LogP contribution in [-0.4, -0.2) is 23.7 Å². The highest BCUT2D eigenvalue weighted by Gasteiger charge is 2.20. The second-order valence-electron chi connectivity index (χ2n) is 4.47. The summed E-state index contributed by atoms with van der Waals surface area (Å²) >= 11 is 5.73. The van der Waals surface area contributed by atoms with Gasteiger partial charge in [0, 0.05) is 11.3 Å². The van der Waals surface area contributed by atoms with Crippen LogP contribution in [0.5, 0.6) is 0 Å². The highest BCUT2D eigenvalue weighted by atomic mass is 35.5. The van der Waals surface area contributed by atoms with E-state index in [2.05, 4.69) is 21.2 Å². The maximum absolute atomic E-state index is 11.6. The van der Waals surface area contributed by atoms with Gasteiger partial charge in [-0.1, -0.05) is 29.8 Å². The average Bonchev–Trinajstić information content (AvgIpc) is 2.47. The number of nitrogens with one attached hydrogen (secondary N) is 3. The minimum absolute atomic E-state index is 0.135. The standard InChI is InChI=1S/C14H15ClN4O2/c1-3-11(15)13(20)17-10-6-4-9(5-7-10)12-8(2)16-14(21)19-18-12/h3-8H,1-2H3,(H,17,20)(H2,16,19,21)/b11-3-. The van der Waals surface area contributed by atoms with Gasteiger partial charge in [0.25, 0.3) is 5.91 Å². The second-order valence-corrected chi connectivity index (χ2v) is 4.88. The monoisotopic (exact) mass is 306 g/mol. The minimum Gasteiger partial charge on any atom is -0.328 e. The van der Waals surface area contributed by atoms with Gasteiger partial charge in [-0.25, -0.2) is 10.2 Å². The molecule has 1 atom stereocenters. The summed E-state index contributed by atoms with van der Waals surface area (Å²) in [6.07, 6.45) is 1.53. The van der Waals surface area contributed by atoms with E-state index in [0.29, 0.717) is 5.69 Å². The molecule has 0 radical (unpaired) electrons. The molecule has 110 valence electrons. The number of hydrogen-bond donors (Lipinski definition) is 3. The van der Waals surface area contributed by atoms with E-state index in [-0.39, 0.29) is 23.0 Å².